The molecule has 2 rings (SSSR count). The highest BCUT2D eigenvalue weighted by molar-refractivity contribution is 7.19. The first kappa shape index (κ1) is 12.2. The number of thiophene rings is 1. The molecule has 3 N–H and O–H groups in total. The third-order valence-corrected chi connectivity index (χ3v) is 4.45. The minimum absolute atomic E-state index is 0.0171. The minimum atomic E-state index is -0.0171. The number of nitrogen functional groups attached to an aromatic ring is 1. The van der Waals surface area contributed by atoms with Crippen LogP contribution in [0.4, 0.5) is 10.7 Å². The van der Waals surface area contributed by atoms with Gasteiger partial charge in [0.25, 0.3) is 0 Å². The van der Waals surface area contributed by atoms with Gasteiger partial charge in [0, 0.05) is 13.5 Å². The van der Waals surface area contributed by atoms with Crippen molar-refractivity contribution in [3.63, 3.8) is 0 Å². The Bertz CT molecular complexity index is 450. The Morgan fingerprint density at radius 3 is 2.71 bits per heavy atom. The largest absolute Gasteiger partial charge is 0.492 e. The maximum atomic E-state index is 11.4. The van der Waals surface area contributed by atoms with Crippen molar-refractivity contribution in [3.8, 4) is 5.75 Å². The molecule has 1 saturated carbocycles. The second-order valence-electron chi connectivity index (χ2n) is 4.93. The van der Waals surface area contributed by atoms with Crippen LogP contribution in [-0.4, -0.2) is 19.4 Å². The molecule has 0 bridgehead atoms. The molecule has 1 aliphatic carbocycles. The van der Waals surface area contributed by atoms with E-state index in [9.17, 15) is 4.79 Å². The summed E-state index contributed by atoms with van der Waals surface area (Å²) >= 11 is 1.38. The molecule has 0 atom stereocenters. The summed E-state index contributed by atoms with van der Waals surface area (Å²) in [6.07, 6.45) is 2.51. The first-order chi connectivity index (χ1) is 7.97. The van der Waals surface area contributed by atoms with E-state index in [1.807, 2.05) is 0 Å². The Balaban J connectivity index is 2.20. The van der Waals surface area contributed by atoms with E-state index in [4.69, 9.17) is 10.5 Å². The van der Waals surface area contributed by atoms with Crippen molar-refractivity contribution >= 4 is 27.8 Å². The molecule has 1 aliphatic rings. The molecular formula is C12H18N2O2S. The maximum Gasteiger partial charge on any atom is 0.176 e. The molecule has 0 aliphatic heterocycles. The van der Waals surface area contributed by atoms with Crippen LogP contribution in [-0.2, 0) is 0 Å². The van der Waals surface area contributed by atoms with Crippen molar-refractivity contribution in [3.05, 3.63) is 4.88 Å². The number of Topliss-reactive ketones (excluding diaryl/α,β-unsaturated/α-hetero) is 1. The van der Waals surface area contributed by atoms with Crippen LogP contribution < -0.4 is 15.8 Å². The average Bonchev–Trinajstić information content (AvgIpc) is 2.90. The van der Waals surface area contributed by atoms with Gasteiger partial charge in [0.15, 0.2) is 11.5 Å². The van der Waals surface area contributed by atoms with Crippen LogP contribution in [0.2, 0.25) is 0 Å². The van der Waals surface area contributed by atoms with E-state index in [1.54, 1.807) is 7.11 Å². The van der Waals surface area contributed by atoms with Gasteiger partial charge >= 0.3 is 0 Å². The van der Waals surface area contributed by atoms with Crippen molar-refractivity contribution in [1.29, 1.82) is 0 Å². The number of hydrogen-bond acceptors (Lipinski definition) is 5. The Morgan fingerprint density at radius 1 is 1.59 bits per heavy atom. The number of methoxy groups -OCH3 is 1. The molecule has 1 fully saturated rings. The highest BCUT2D eigenvalue weighted by atomic mass is 32.1. The lowest BCUT2D eigenvalue weighted by molar-refractivity contribution is 0.102. The summed E-state index contributed by atoms with van der Waals surface area (Å²) in [5.74, 6) is 0.584. The van der Waals surface area contributed by atoms with Crippen LogP contribution >= 0.6 is 11.3 Å². The zero-order chi connectivity index (χ0) is 12.6. The summed E-state index contributed by atoms with van der Waals surface area (Å²) in [5.41, 5.74) is 6.75. The monoisotopic (exact) mass is 254 g/mol. The fourth-order valence-corrected chi connectivity index (χ4v) is 2.67. The van der Waals surface area contributed by atoms with Crippen molar-refractivity contribution < 1.29 is 9.53 Å². The third kappa shape index (κ3) is 2.39. The van der Waals surface area contributed by atoms with Crippen LogP contribution in [0.3, 0.4) is 0 Å². The highest BCUT2D eigenvalue weighted by Gasteiger charge is 2.37. The normalized spacial score (nSPS) is 16.6. The van der Waals surface area contributed by atoms with Gasteiger partial charge in [0.05, 0.1) is 17.7 Å². The molecule has 1 aromatic rings. The fourth-order valence-electron chi connectivity index (χ4n) is 1.69. The molecule has 0 aromatic carbocycles. The van der Waals surface area contributed by atoms with Crippen LogP contribution in [0, 0.1) is 5.41 Å². The zero-order valence-corrected chi connectivity index (χ0v) is 11.2. The third-order valence-electron chi connectivity index (χ3n) is 3.20. The molecular weight excluding hydrogens is 236 g/mol. The summed E-state index contributed by atoms with van der Waals surface area (Å²) < 4.78 is 5.26. The number of anilines is 2. The second-order valence-corrected chi connectivity index (χ2v) is 5.95. The van der Waals surface area contributed by atoms with Gasteiger partial charge in [-0.25, -0.2) is 0 Å². The van der Waals surface area contributed by atoms with E-state index < -0.39 is 0 Å². The molecule has 0 spiro atoms. The first-order valence-electron chi connectivity index (χ1n) is 5.68. The van der Waals surface area contributed by atoms with Crippen molar-refractivity contribution in [2.75, 3.05) is 24.7 Å². The summed E-state index contributed by atoms with van der Waals surface area (Å²) in [6, 6.07) is 0. The lowest BCUT2D eigenvalue weighted by Crippen LogP contribution is -2.11. The Kier molecular flexibility index (Phi) is 3.03. The van der Waals surface area contributed by atoms with Gasteiger partial charge < -0.3 is 15.8 Å². The SMILES string of the molecule is COc1c(NCC2(C)CC2)sc(C(C)=O)c1N. The molecule has 17 heavy (non-hydrogen) atoms. The average molecular weight is 254 g/mol. The van der Waals surface area contributed by atoms with Crippen molar-refractivity contribution in [2.45, 2.75) is 26.7 Å². The number of ether oxygens (including phenoxy) is 1. The van der Waals surface area contributed by atoms with Gasteiger partial charge in [-0.2, -0.15) is 0 Å². The molecule has 5 heteroatoms. The molecule has 0 saturated heterocycles. The van der Waals surface area contributed by atoms with E-state index >= 15 is 0 Å². The van der Waals surface area contributed by atoms with Crippen molar-refractivity contribution in [2.24, 2.45) is 5.41 Å². The number of hydrogen-bond donors (Lipinski definition) is 2. The van der Waals surface area contributed by atoms with Gasteiger partial charge in [-0.15, -0.1) is 11.3 Å². The topological polar surface area (TPSA) is 64.3 Å². The number of carbonyl (C=O) groups is 1. The summed E-state index contributed by atoms with van der Waals surface area (Å²) in [5, 5.41) is 4.21. The van der Waals surface area contributed by atoms with E-state index in [0.717, 1.165) is 11.5 Å². The van der Waals surface area contributed by atoms with Gasteiger partial charge in [-0.3, -0.25) is 4.79 Å². The Morgan fingerprint density at radius 2 is 2.24 bits per heavy atom. The zero-order valence-electron chi connectivity index (χ0n) is 10.4. The molecule has 4 nitrogen and oxygen atoms in total. The molecule has 94 valence electrons. The minimum Gasteiger partial charge on any atom is -0.492 e. The number of nitrogens with one attached hydrogen (secondary N) is 1. The summed E-state index contributed by atoms with van der Waals surface area (Å²) in [7, 11) is 1.58. The highest BCUT2D eigenvalue weighted by Crippen LogP contribution is 2.47. The van der Waals surface area contributed by atoms with E-state index in [1.165, 1.54) is 31.1 Å². The second kappa shape index (κ2) is 4.22. The number of carbonyl (C=O) groups excluding carboxylic acids is 1. The smallest absolute Gasteiger partial charge is 0.176 e. The predicted octanol–water partition coefficient (Wildman–Crippen LogP) is 2.75. The Labute approximate surface area is 105 Å². The summed E-state index contributed by atoms with van der Waals surface area (Å²) in [6.45, 7) is 4.67. The maximum absolute atomic E-state index is 11.4. The number of nitrogens with two attached hydrogens (primary N) is 1. The van der Waals surface area contributed by atoms with E-state index in [0.29, 0.717) is 21.7 Å². The molecule has 0 radical (unpaired) electrons. The molecule has 0 amide bonds. The fraction of sp³-hybridized carbons (Fsp3) is 0.583. The van der Waals surface area contributed by atoms with E-state index in [2.05, 4.69) is 12.2 Å². The van der Waals surface area contributed by atoms with Crippen LogP contribution in [0.1, 0.15) is 36.4 Å². The van der Waals surface area contributed by atoms with Gasteiger partial charge in [-0.05, 0) is 18.3 Å². The van der Waals surface area contributed by atoms with Crippen LogP contribution in [0.25, 0.3) is 0 Å². The molecule has 1 heterocycles. The van der Waals surface area contributed by atoms with Gasteiger partial charge in [-0.1, -0.05) is 6.92 Å². The quantitative estimate of drug-likeness (QED) is 0.793. The van der Waals surface area contributed by atoms with Crippen LogP contribution in [0.5, 0.6) is 5.75 Å². The number of ketones is 1. The lowest BCUT2D eigenvalue weighted by Gasteiger charge is -2.11. The van der Waals surface area contributed by atoms with Crippen molar-refractivity contribution in [1.82, 2.24) is 0 Å². The molecule has 0 unspecified atom stereocenters. The summed E-state index contributed by atoms with van der Waals surface area (Å²) in [4.78, 5) is 12.0. The molecule has 1 aromatic heterocycles. The first-order valence-corrected chi connectivity index (χ1v) is 6.49. The van der Waals surface area contributed by atoms with Gasteiger partial charge in [0.2, 0.25) is 0 Å². The predicted molar refractivity (Wildman–Crippen MR) is 71.1 cm³/mol. The van der Waals surface area contributed by atoms with Crippen LogP contribution in [0.15, 0.2) is 0 Å². The van der Waals surface area contributed by atoms with Gasteiger partial charge in [0.1, 0.15) is 5.00 Å². The van der Waals surface area contributed by atoms with E-state index in [-0.39, 0.29) is 5.78 Å². The lowest BCUT2D eigenvalue weighted by atomic mass is 10.1. The number of rotatable bonds is 5. The standard InChI is InChI=1S/C12H18N2O2S/c1-7(15)10-8(13)9(16-3)11(17-10)14-6-12(2)4-5-12/h14H,4-6,13H2,1-3H3. The Hall–Kier alpha value is -1.23.